The number of aryl methyl sites for hydroxylation is 2. The molecule has 0 atom stereocenters. The van der Waals surface area contributed by atoms with Gasteiger partial charge in [-0.05, 0) is 47.8 Å². The minimum absolute atomic E-state index is 0.136. The molecule has 0 unspecified atom stereocenters. The fourth-order valence-corrected chi connectivity index (χ4v) is 4.12. The van der Waals surface area contributed by atoms with Crippen LogP contribution in [0.4, 0.5) is 0 Å². The van der Waals surface area contributed by atoms with E-state index in [1.165, 1.54) is 107 Å². The summed E-state index contributed by atoms with van der Waals surface area (Å²) in [5, 5.41) is 10.9. The lowest BCUT2D eigenvalue weighted by atomic mass is 9.83. The molecular formula is C28H50O. The highest BCUT2D eigenvalue weighted by molar-refractivity contribution is 5.46. The number of phenols is 1. The average molecular weight is 403 g/mol. The zero-order valence-corrected chi connectivity index (χ0v) is 20.4. The van der Waals surface area contributed by atoms with Gasteiger partial charge in [-0.2, -0.15) is 0 Å². The summed E-state index contributed by atoms with van der Waals surface area (Å²) in [7, 11) is 0. The Morgan fingerprint density at radius 3 is 1.28 bits per heavy atom. The van der Waals surface area contributed by atoms with Crippen molar-refractivity contribution in [3.05, 3.63) is 28.8 Å². The fraction of sp³-hybridized carbons (Fsp3) is 0.786. The highest BCUT2D eigenvalue weighted by atomic mass is 16.3. The van der Waals surface area contributed by atoms with Crippen LogP contribution in [0.2, 0.25) is 0 Å². The summed E-state index contributed by atoms with van der Waals surface area (Å²) in [5.41, 5.74) is 3.89. The second-order valence-corrected chi connectivity index (χ2v) is 10.1. The quantitative estimate of drug-likeness (QED) is 0.273. The zero-order chi connectivity index (χ0) is 21.5. The summed E-state index contributed by atoms with van der Waals surface area (Å²) in [5.74, 6) is 0.593. The summed E-state index contributed by atoms with van der Waals surface area (Å²) in [6, 6.07) is 4.56. The van der Waals surface area contributed by atoms with Crippen molar-refractivity contribution >= 4 is 0 Å². The van der Waals surface area contributed by atoms with E-state index in [0.29, 0.717) is 5.75 Å². The van der Waals surface area contributed by atoms with Crippen LogP contribution in [0, 0.1) is 0 Å². The Hall–Kier alpha value is -0.980. The molecule has 1 heteroatoms. The van der Waals surface area contributed by atoms with Crippen LogP contribution in [0.3, 0.4) is 0 Å². The van der Waals surface area contributed by atoms with Crippen LogP contribution in [0.5, 0.6) is 5.75 Å². The molecule has 29 heavy (non-hydrogen) atoms. The third-order valence-electron chi connectivity index (χ3n) is 6.23. The van der Waals surface area contributed by atoms with Gasteiger partial charge in [0.05, 0.1) is 0 Å². The van der Waals surface area contributed by atoms with Crippen LogP contribution >= 0.6 is 0 Å². The first-order valence-electron chi connectivity index (χ1n) is 12.7. The van der Waals surface area contributed by atoms with Gasteiger partial charge in [0, 0.05) is 0 Å². The molecule has 1 aromatic rings. The molecule has 1 rings (SSSR count). The molecule has 0 aromatic heterocycles. The Balaban J connectivity index is 2.60. The van der Waals surface area contributed by atoms with E-state index >= 15 is 0 Å². The SMILES string of the molecule is CCCCCCCCCc1cc(C(C)(C)C)cc(CCCCCCCCC)c1O. The fourth-order valence-electron chi connectivity index (χ4n) is 4.12. The molecule has 0 aliphatic carbocycles. The van der Waals surface area contributed by atoms with Crippen molar-refractivity contribution in [1.29, 1.82) is 0 Å². The molecule has 0 fully saturated rings. The molecule has 168 valence electrons. The summed E-state index contributed by atoms with van der Waals surface area (Å²) in [6.45, 7) is 11.4. The van der Waals surface area contributed by atoms with Gasteiger partial charge in [-0.15, -0.1) is 0 Å². The normalized spacial score (nSPS) is 11.9. The van der Waals surface area contributed by atoms with E-state index in [-0.39, 0.29) is 5.41 Å². The first kappa shape index (κ1) is 26.1. The first-order chi connectivity index (χ1) is 13.9. The molecule has 1 aromatic carbocycles. The number of rotatable bonds is 16. The molecule has 1 nitrogen and oxygen atoms in total. The summed E-state index contributed by atoms with van der Waals surface area (Å²) in [6.07, 6.45) is 20.6. The van der Waals surface area contributed by atoms with Crippen LogP contribution < -0.4 is 0 Å². The lowest BCUT2D eigenvalue weighted by molar-refractivity contribution is 0.455. The third kappa shape index (κ3) is 11.1. The number of benzene rings is 1. The standard InChI is InChI=1S/C28H50O/c1-6-8-10-12-14-16-18-20-24-22-26(28(3,4)5)23-25(27(24)29)21-19-17-15-13-11-9-7-2/h22-23,29H,6-21H2,1-5H3. The number of phenolic OH excluding ortho intramolecular Hbond substituents is 1. The van der Waals surface area contributed by atoms with Gasteiger partial charge in [-0.25, -0.2) is 0 Å². The van der Waals surface area contributed by atoms with Crippen molar-refractivity contribution in [3.63, 3.8) is 0 Å². The lowest BCUT2D eigenvalue weighted by Crippen LogP contribution is -2.12. The van der Waals surface area contributed by atoms with Gasteiger partial charge in [-0.1, -0.05) is 124 Å². The van der Waals surface area contributed by atoms with Gasteiger partial charge in [-0.3, -0.25) is 0 Å². The largest absolute Gasteiger partial charge is 0.507 e. The molecule has 0 bridgehead atoms. The number of hydrogen-bond donors (Lipinski definition) is 1. The second kappa shape index (κ2) is 14.9. The number of unbranched alkanes of at least 4 members (excludes halogenated alkanes) is 12. The maximum atomic E-state index is 10.9. The Labute approximate surface area is 182 Å². The highest BCUT2D eigenvalue weighted by Crippen LogP contribution is 2.33. The third-order valence-corrected chi connectivity index (χ3v) is 6.23. The van der Waals surface area contributed by atoms with E-state index in [9.17, 15) is 5.11 Å². The van der Waals surface area contributed by atoms with Crippen LogP contribution in [0.25, 0.3) is 0 Å². The van der Waals surface area contributed by atoms with E-state index in [0.717, 1.165) is 12.8 Å². The topological polar surface area (TPSA) is 20.2 Å². The van der Waals surface area contributed by atoms with Crippen molar-refractivity contribution in [1.82, 2.24) is 0 Å². The Bertz CT molecular complexity index is 499. The molecule has 0 radical (unpaired) electrons. The van der Waals surface area contributed by atoms with E-state index in [1.54, 1.807) is 0 Å². The van der Waals surface area contributed by atoms with E-state index < -0.39 is 0 Å². The minimum atomic E-state index is 0.136. The predicted octanol–water partition coefficient (Wildman–Crippen LogP) is 9.28. The van der Waals surface area contributed by atoms with Crippen LogP contribution in [0.1, 0.15) is 141 Å². The molecule has 0 saturated heterocycles. The van der Waals surface area contributed by atoms with Gasteiger partial charge in [0.25, 0.3) is 0 Å². The van der Waals surface area contributed by atoms with Gasteiger partial charge in [0.1, 0.15) is 5.75 Å². The highest BCUT2D eigenvalue weighted by Gasteiger charge is 2.18. The molecule has 0 spiro atoms. The van der Waals surface area contributed by atoms with Crippen molar-refractivity contribution in [3.8, 4) is 5.75 Å². The van der Waals surface area contributed by atoms with Crippen LogP contribution in [-0.2, 0) is 18.3 Å². The molecule has 0 aliphatic rings. The van der Waals surface area contributed by atoms with E-state index in [1.807, 2.05) is 0 Å². The molecule has 1 N–H and O–H groups in total. The van der Waals surface area contributed by atoms with Gasteiger partial charge in [0.15, 0.2) is 0 Å². The number of aromatic hydroxyl groups is 1. The van der Waals surface area contributed by atoms with Crippen molar-refractivity contribution in [2.24, 2.45) is 0 Å². The number of hydrogen-bond acceptors (Lipinski definition) is 1. The maximum absolute atomic E-state index is 10.9. The maximum Gasteiger partial charge on any atom is 0.121 e. The minimum Gasteiger partial charge on any atom is -0.507 e. The Morgan fingerprint density at radius 1 is 0.586 bits per heavy atom. The van der Waals surface area contributed by atoms with Crippen molar-refractivity contribution in [2.45, 2.75) is 143 Å². The van der Waals surface area contributed by atoms with E-state index in [2.05, 4.69) is 46.8 Å². The van der Waals surface area contributed by atoms with Gasteiger partial charge >= 0.3 is 0 Å². The molecule has 0 aliphatic heterocycles. The van der Waals surface area contributed by atoms with Crippen molar-refractivity contribution < 1.29 is 5.11 Å². The van der Waals surface area contributed by atoms with Crippen molar-refractivity contribution in [2.75, 3.05) is 0 Å². The Kier molecular flexibility index (Phi) is 13.4. The monoisotopic (exact) mass is 402 g/mol. The molecule has 0 saturated carbocycles. The second-order valence-electron chi connectivity index (χ2n) is 10.1. The summed E-state index contributed by atoms with van der Waals surface area (Å²) >= 11 is 0. The molecule has 0 heterocycles. The van der Waals surface area contributed by atoms with Gasteiger partial charge in [0.2, 0.25) is 0 Å². The lowest BCUT2D eigenvalue weighted by Gasteiger charge is -2.22. The Morgan fingerprint density at radius 2 is 0.931 bits per heavy atom. The smallest absolute Gasteiger partial charge is 0.121 e. The van der Waals surface area contributed by atoms with Crippen LogP contribution in [-0.4, -0.2) is 5.11 Å². The predicted molar refractivity (Wildman–Crippen MR) is 130 cm³/mol. The van der Waals surface area contributed by atoms with Gasteiger partial charge < -0.3 is 5.11 Å². The first-order valence-corrected chi connectivity index (χ1v) is 12.7. The molecule has 0 amide bonds. The van der Waals surface area contributed by atoms with E-state index in [4.69, 9.17) is 0 Å². The van der Waals surface area contributed by atoms with Crippen LogP contribution in [0.15, 0.2) is 12.1 Å². The average Bonchev–Trinajstić information content (AvgIpc) is 2.67. The zero-order valence-electron chi connectivity index (χ0n) is 20.4. The summed E-state index contributed by atoms with van der Waals surface area (Å²) < 4.78 is 0. The summed E-state index contributed by atoms with van der Waals surface area (Å²) in [4.78, 5) is 0. The molecular weight excluding hydrogens is 352 g/mol.